The minimum absolute atomic E-state index is 0.281. The summed E-state index contributed by atoms with van der Waals surface area (Å²) in [4.78, 5) is 12.4. The highest BCUT2D eigenvalue weighted by molar-refractivity contribution is 5.95. The van der Waals surface area contributed by atoms with E-state index >= 15 is 0 Å². The molecule has 1 heterocycles. The first-order chi connectivity index (χ1) is 16.1. The van der Waals surface area contributed by atoms with Gasteiger partial charge < -0.3 is 14.0 Å². The minimum Gasteiger partial charge on any atom is -0.493 e. The molecule has 7 heteroatoms. The average molecular weight is 443 g/mol. The number of hydrazone groups is 1. The number of hydrogen-bond donors (Lipinski definition) is 1. The van der Waals surface area contributed by atoms with Crippen LogP contribution in [-0.2, 0) is 6.61 Å². The molecule has 0 unspecified atom stereocenters. The summed E-state index contributed by atoms with van der Waals surface area (Å²) in [5, 5.41) is 4.04. The van der Waals surface area contributed by atoms with Gasteiger partial charge in [0.05, 0.1) is 13.3 Å². The largest absolute Gasteiger partial charge is 0.493 e. The van der Waals surface area contributed by atoms with Crippen LogP contribution in [0.3, 0.4) is 0 Å². The second kappa shape index (κ2) is 10.3. The Morgan fingerprint density at radius 1 is 1.00 bits per heavy atom. The van der Waals surface area contributed by atoms with Gasteiger partial charge in [-0.15, -0.1) is 0 Å². The fourth-order valence-corrected chi connectivity index (χ4v) is 3.15. The molecule has 0 atom stereocenters. The number of methoxy groups -OCH3 is 1. The van der Waals surface area contributed by atoms with Gasteiger partial charge in [-0.1, -0.05) is 12.1 Å². The van der Waals surface area contributed by atoms with Crippen LogP contribution in [0.25, 0.3) is 5.69 Å². The monoisotopic (exact) mass is 443 g/mol. The van der Waals surface area contributed by atoms with Crippen LogP contribution in [0.2, 0.25) is 0 Å². The highest BCUT2D eigenvalue weighted by Gasteiger charge is 2.07. The molecule has 4 aromatic rings. The quantitative estimate of drug-likeness (QED) is 0.309. The number of ether oxygens (including phenoxy) is 2. The van der Waals surface area contributed by atoms with Crippen LogP contribution in [0.1, 0.15) is 21.5 Å². The zero-order valence-electron chi connectivity index (χ0n) is 17.9. The molecule has 0 saturated heterocycles. The predicted octanol–water partition coefficient (Wildman–Crippen LogP) is 4.97. The Bertz CT molecular complexity index is 1240. The molecule has 0 bridgehead atoms. The summed E-state index contributed by atoms with van der Waals surface area (Å²) >= 11 is 0. The van der Waals surface area contributed by atoms with Gasteiger partial charge in [-0.05, 0) is 77.9 Å². The Labute approximate surface area is 190 Å². The van der Waals surface area contributed by atoms with E-state index in [9.17, 15) is 9.18 Å². The number of rotatable bonds is 8. The van der Waals surface area contributed by atoms with E-state index in [2.05, 4.69) is 10.5 Å². The number of nitrogens with zero attached hydrogens (tertiary/aromatic N) is 2. The van der Waals surface area contributed by atoms with E-state index in [1.54, 1.807) is 49.6 Å². The summed E-state index contributed by atoms with van der Waals surface area (Å²) in [6.45, 7) is 0.281. The maximum absolute atomic E-state index is 13.0. The third-order valence-electron chi connectivity index (χ3n) is 4.91. The SMILES string of the molecule is COc1cc(/C=N/NC(=O)c2ccc(-n3cccc3)cc2)ccc1OCc1ccc(F)cc1. The Morgan fingerprint density at radius 3 is 2.42 bits per heavy atom. The van der Waals surface area contributed by atoms with Crippen LogP contribution < -0.4 is 14.9 Å². The molecule has 0 aliphatic carbocycles. The molecule has 0 aliphatic rings. The van der Waals surface area contributed by atoms with Gasteiger partial charge in [-0.25, -0.2) is 9.82 Å². The number of amides is 1. The lowest BCUT2D eigenvalue weighted by Gasteiger charge is -2.11. The van der Waals surface area contributed by atoms with Gasteiger partial charge in [0.2, 0.25) is 0 Å². The van der Waals surface area contributed by atoms with Gasteiger partial charge in [0.25, 0.3) is 5.91 Å². The zero-order chi connectivity index (χ0) is 23.0. The van der Waals surface area contributed by atoms with Crippen molar-refractivity contribution in [2.45, 2.75) is 6.61 Å². The normalized spacial score (nSPS) is 10.8. The number of hydrogen-bond acceptors (Lipinski definition) is 4. The lowest BCUT2D eigenvalue weighted by Crippen LogP contribution is -2.17. The van der Waals surface area contributed by atoms with Gasteiger partial charge in [0, 0.05) is 23.6 Å². The molecule has 4 rings (SSSR count). The predicted molar refractivity (Wildman–Crippen MR) is 125 cm³/mol. The molecule has 1 aromatic heterocycles. The van der Waals surface area contributed by atoms with Crippen LogP contribution in [0, 0.1) is 5.82 Å². The molecular formula is C26H22FN3O3. The van der Waals surface area contributed by atoms with Crippen LogP contribution in [0.4, 0.5) is 4.39 Å². The zero-order valence-corrected chi connectivity index (χ0v) is 17.9. The van der Waals surface area contributed by atoms with Crippen molar-refractivity contribution in [2.24, 2.45) is 5.10 Å². The van der Waals surface area contributed by atoms with Crippen molar-refractivity contribution in [1.82, 2.24) is 9.99 Å². The average Bonchev–Trinajstić information content (AvgIpc) is 3.39. The summed E-state index contributed by atoms with van der Waals surface area (Å²) in [6.07, 6.45) is 5.40. The maximum Gasteiger partial charge on any atom is 0.271 e. The van der Waals surface area contributed by atoms with Crippen LogP contribution in [-0.4, -0.2) is 23.8 Å². The molecule has 1 N–H and O–H groups in total. The van der Waals surface area contributed by atoms with Crippen LogP contribution >= 0.6 is 0 Å². The van der Waals surface area contributed by atoms with Gasteiger partial charge in [-0.2, -0.15) is 5.10 Å². The van der Waals surface area contributed by atoms with E-state index in [1.807, 2.05) is 41.2 Å². The first-order valence-electron chi connectivity index (χ1n) is 10.2. The van der Waals surface area contributed by atoms with Crippen LogP contribution in [0.15, 0.2) is 96.4 Å². The van der Waals surface area contributed by atoms with E-state index in [4.69, 9.17) is 9.47 Å². The number of carbonyl (C=O) groups is 1. The van der Waals surface area contributed by atoms with Crippen LogP contribution in [0.5, 0.6) is 11.5 Å². The second-order valence-electron chi connectivity index (χ2n) is 7.16. The number of benzene rings is 3. The molecule has 0 spiro atoms. The summed E-state index contributed by atoms with van der Waals surface area (Å²) in [7, 11) is 1.54. The van der Waals surface area contributed by atoms with E-state index in [-0.39, 0.29) is 18.3 Å². The highest BCUT2D eigenvalue weighted by Crippen LogP contribution is 2.28. The third-order valence-corrected chi connectivity index (χ3v) is 4.91. The number of nitrogens with one attached hydrogen (secondary N) is 1. The van der Waals surface area contributed by atoms with Crippen molar-refractivity contribution in [2.75, 3.05) is 7.11 Å². The van der Waals surface area contributed by atoms with Crippen molar-refractivity contribution < 1.29 is 18.7 Å². The first-order valence-corrected chi connectivity index (χ1v) is 10.2. The van der Waals surface area contributed by atoms with Crippen molar-refractivity contribution in [1.29, 1.82) is 0 Å². The third kappa shape index (κ3) is 5.65. The molecule has 0 radical (unpaired) electrons. The topological polar surface area (TPSA) is 64.8 Å². The van der Waals surface area contributed by atoms with E-state index < -0.39 is 0 Å². The number of halogens is 1. The van der Waals surface area contributed by atoms with E-state index in [0.29, 0.717) is 17.1 Å². The second-order valence-corrected chi connectivity index (χ2v) is 7.16. The van der Waals surface area contributed by atoms with Crippen molar-refractivity contribution in [3.63, 3.8) is 0 Å². The molecule has 33 heavy (non-hydrogen) atoms. The molecule has 0 aliphatic heterocycles. The molecule has 166 valence electrons. The van der Waals surface area contributed by atoms with E-state index in [1.165, 1.54) is 18.3 Å². The Kier molecular flexibility index (Phi) is 6.80. The Hall–Kier alpha value is -4.39. The Morgan fingerprint density at radius 2 is 1.73 bits per heavy atom. The fourth-order valence-electron chi connectivity index (χ4n) is 3.15. The molecule has 3 aromatic carbocycles. The fraction of sp³-hybridized carbons (Fsp3) is 0.0769. The minimum atomic E-state index is -0.309. The summed E-state index contributed by atoms with van der Waals surface area (Å²) in [5.74, 6) is 0.469. The maximum atomic E-state index is 13.0. The standard InChI is InChI=1S/C26H22FN3O3/c1-32-25-16-20(6-13-24(25)33-18-19-4-9-22(27)10-5-19)17-28-29-26(31)21-7-11-23(12-8-21)30-14-2-3-15-30/h2-17H,18H2,1H3,(H,29,31)/b28-17+. The first kappa shape index (κ1) is 21.8. The van der Waals surface area contributed by atoms with Crippen molar-refractivity contribution >= 4 is 12.1 Å². The molecule has 0 saturated carbocycles. The van der Waals surface area contributed by atoms with Gasteiger partial charge in [0.1, 0.15) is 12.4 Å². The Balaban J connectivity index is 1.35. The number of aromatic nitrogens is 1. The smallest absolute Gasteiger partial charge is 0.271 e. The van der Waals surface area contributed by atoms with E-state index in [0.717, 1.165) is 16.8 Å². The summed E-state index contributed by atoms with van der Waals surface area (Å²) < 4.78 is 26.2. The van der Waals surface area contributed by atoms with Gasteiger partial charge >= 0.3 is 0 Å². The summed E-state index contributed by atoms with van der Waals surface area (Å²) in [5.41, 5.74) is 5.56. The highest BCUT2D eigenvalue weighted by atomic mass is 19.1. The van der Waals surface area contributed by atoms with Gasteiger partial charge in [-0.3, -0.25) is 4.79 Å². The summed E-state index contributed by atoms with van der Waals surface area (Å²) in [6, 6.07) is 22.5. The van der Waals surface area contributed by atoms with Crippen molar-refractivity contribution in [3.8, 4) is 17.2 Å². The van der Waals surface area contributed by atoms with Crippen molar-refractivity contribution in [3.05, 3.63) is 114 Å². The lowest BCUT2D eigenvalue weighted by atomic mass is 10.2. The number of carbonyl (C=O) groups excluding carboxylic acids is 1. The molecule has 0 fully saturated rings. The molecule has 6 nitrogen and oxygen atoms in total. The molecular weight excluding hydrogens is 421 g/mol. The lowest BCUT2D eigenvalue weighted by molar-refractivity contribution is 0.0955. The molecule has 1 amide bonds. The van der Waals surface area contributed by atoms with Gasteiger partial charge in [0.15, 0.2) is 11.5 Å².